The molecule has 27 heavy (non-hydrogen) atoms. The number of nitrogens with zero attached hydrogens (tertiary/aromatic N) is 3. The number of thiazole rings is 1. The summed E-state index contributed by atoms with van der Waals surface area (Å²) in [5.74, 6) is 1.03. The number of hydrogen-bond acceptors (Lipinski definition) is 4. The number of benzene rings is 1. The Morgan fingerprint density at radius 1 is 1.30 bits per heavy atom. The summed E-state index contributed by atoms with van der Waals surface area (Å²) in [4.78, 5) is 22.8. The van der Waals surface area contributed by atoms with E-state index in [0.29, 0.717) is 13.0 Å². The third-order valence-corrected chi connectivity index (χ3v) is 5.25. The second-order valence-electron chi connectivity index (χ2n) is 6.55. The fourth-order valence-corrected chi connectivity index (χ4v) is 3.69. The smallest absolute Gasteiger partial charge is 0.227 e. The van der Waals surface area contributed by atoms with Gasteiger partial charge in [0.15, 0.2) is 5.96 Å². The Bertz CT molecular complexity index is 784. The normalized spacial score (nSPS) is 14.7. The summed E-state index contributed by atoms with van der Waals surface area (Å²) in [5, 5.41) is 9.84. The molecule has 7 heteroatoms. The minimum absolute atomic E-state index is 0.217. The molecule has 2 heterocycles. The maximum atomic E-state index is 11.8. The largest absolute Gasteiger partial charge is 0.357 e. The highest BCUT2D eigenvalue weighted by Gasteiger charge is 2.21. The zero-order valence-corrected chi connectivity index (χ0v) is 16.8. The molecule has 6 nitrogen and oxygen atoms in total. The van der Waals surface area contributed by atoms with Crippen LogP contribution in [0.4, 0.5) is 5.69 Å². The van der Waals surface area contributed by atoms with Crippen molar-refractivity contribution in [3.63, 3.8) is 0 Å². The second kappa shape index (κ2) is 9.50. The van der Waals surface area contributed by atoms with Gasteiger partial charge in [-0.05, 0) is 38.0 Å². The van der Waals surface area contributed by atoms with Crippen LogP contribution in [0.15, 0.2) is 34.6 Å². The molecule has 1 aliphatic rings. The standard InChI is InChI=1S/C20H27N5OS/c1-3-21-20(22-11-10-17-14-27-15(2)24-17)23-13-16-6-8-18(9-7-16)25-12-4-5-19(25)26/h6-9,14H,3-5,10-13H2,1-2H3,(H2,21,22,23). The van der Waals surface area contributed by atoms with Crippen LogP contribution in [0.3, 0.4) is 0 Å². The summed E-state index contributed by atoms with van der Waals surface area (Å²) < 4.78 is 0. The maximum Gasteiger partial charge on any atom is 0.227 e. The number of aliphatic imine (C=N–C) groups is 1. The van der Waals surface area contributed by atoms with Gasteiger partial charge >= 0.3 is 0 Å². The van der Waals surface area contributed by atoms with Crippen molar-refractivity contribution < 1.29 is 4.79 Å². The summed E-state index contributed by atoms with van der Waals surface area (Å²) >= 11 is 1.68. The van der Waals surface area contributed by atoms with Crippen molar-refractivity contribution in [2.75, 3.05) is 24.5 Å². The van der Waals surface area contributed by atoms with E-state index in [1.165, 1.54) is 0 Å². The molecule has 0 unspecified atom stereocenters. The van der Waals surface area contributed by atoms with Gasteiger partial charge in [-0.2, -0.15) is 0 Å². The lowest BCUT2D eigenvalue weighted by Crippen LogP contribution is -2.38. The van der Waals surface area contributed by atoms with Crippen molar-refractivity contribution in [3.05, 3.63) is 45.9 Å². The van der Waals surface area contributed by atoms with Gasteiger partial charge < -0.3 is 15.5 Å². The molecule has 0 radical (unpaired) electrons. The Morgan fingerprint density at radius 3 is 2.74 bits per heavy atom. The molecule has 1 aromatic heterocycles. The van der Waals surface area contributed by atoms with Crippen LogP contribution in [0.5, 0.6) is 0 Å². The Labute approximate surface area is 164 Å². The lowest BCUT2D eigenvalue weighted by molar-refractivity contribution is -0.117. The lowest BCUT2D eigenvalue weighted by atomic mass is 10.2. The lowest BCUT2D eigenvalue weighted by Gasteiger charge is -2.15. The second-order valence-corrected chi connectivity index (χ2v) is 7.61. The summed E-state index contributed by atoms with van der Waals surface area (Å²) in [5.41, 5.74) is 3.22. The van der Waals surface area contributed by atoms with Gasteiger partial charge in [0, 0.05) is 43.5 Å². The van der Waals surface area contributed by atoms with Crippen molar-refractivity contribution in [3.8, 4) is 0 Å². The molecular weight excluding hydrogens is 358 g/mol. The molecule has 0 atom stereocenters. The predicted molar refractivity (Wildman–Crippen MR) is 111 cm³/mol. The minimum Gasteiger partial charge on any atom is -0.357 e. The number of aromatic nitrogens is 1. The van der Waals surface area contributed by atoms with Gasteiger partial charge in [-0.3, -0.25) is 4.79 Å². The number of nitrogens with one attached hydrogen (secondary N) is 2. The van der Waals surface area contributed by atoms with E-state index in [2.05, 4.69) is 32.9 Å². The van der Waals surface area contributed by atoms with Crippen LogP contribution in [-0.4, -0.2) is 36.5 Å². The Balaban J connectivity index is 1.53. The van der Waals surface area contributed by atoms with E-state index in [1.807, 2.05) is 36.1 Å². The molecule has 0 bridgehead atoms. The quantitative estimate of drug-likeness (QED) is 0.568. The van der Waals surface area contributed by atoms with Crippen molar-refractivity contribution in [2.45, 2.75) is 39.7 Å². The Kier molecular flexibility index (Phi) is 6.81. The molecule has 0 saturated carbocycles. The van der Waals surface area contributed by atoms with E-state index in [-0.39, 0.29) is 5.91 Å². The molecule has 1 aliphatic heterocycles. The van der Waals surface area contributed by atoms with Crippen molar-refractivity contribution in [2.24, 2.45) is 4.99 Å². The van der Waals surface area contributed by atoms with Crippen molar-refractivity contribution in [1.29, 1.82) is 0 Å². The first kappa shape index (κ1) is 19.4. The molecular formula is C20H27N5OS. The Hall–Kier alpha value is -2.41. The SMILES string of the molecule is CCNC(=NCc1ccc(N2CCCC2=O)cc1)NCCc1csc(C)n1. The summed E-state index contributed by atoms with van der Waals surface area (Å²) in [7, 11) is 0. The van der Waals surface area contributed by atoms with E-state index in [4.69, 9.17) is 0 Å². The highest BCUT2D eigenvalue weighted by atomic mass is 32.1. The molecule has 3 rings (SSSR count). The van der Waals surface area contributed by atoms with E-state index in [9.17, 15) is 4.79 Å². The van der Waals surface area contributed by atoms with Crippen molar-refractivity contribution >= 4 is 28.9 Å². The summed E-state index contributed by atoms with van der Waals surface area (Å²) in [6, 6.07) is 8.12. The van der Waals surface area contributed by atoms with Gasteiger partial charge in [-0.15, -0.1) is 11.3 Å². The molecule has 2 aromatic rings. The number of hydrogen-bond donors (Lipinski definition) is 2. The number of rotatable bonds is 7. The average Bonchev–Trinajstić information content (AvgIpc) is 3.28. The fraction of sp³-hybridized carbons (Fsp3) is 0.450. The highest BCUT2D eigenvalue weighted by Crippen LogP contribution is 2.21. The topological polar surface area (TPSA) is 69.6 Å². The van der Waals surface area contributed by atoms with Gasteiger partial charge in [-0.25, -0.2) is 9.98 Å². The fourth-order valence-electron chi connectivity index (χ4n) is 3.05. The number of guanidine groups is 1. The molecule has 144 valence electrons. The van der Waals surface area contributed by atoms with Gasteiger partial charge in [-0.1, -0.05) is 12.1 Å². The molecule has 1 fully saturated rings. The van der Waals surface area contributed by atoms with Crippen LogP contribution < -0.4 is 15.5 Å². The van der Waals surface area contributed by atoms with Crippen LogP contribution in [0, 0.1) is 6.92 Å². The molecule has 0 spiro atoms. The van der Waals surface area contributed by atoms with Crippen LogP contribution in [0.1, 0.15) is 36.0 Å². The van der Waals surface area contributed by atoms with Gasteiger partial charge in [0.1, 0.15) is 0 Å². The zero-order valence-electron chi connectivity index (χ0n) is 16.0. The number of anilines is 1. The zero-order chi connectivity index (χ0) is 19.1. The highest BCUT2D eigenvalue weighted by molar-refractivity contribution is 7.09. The van der Waals surface area contributed by atoms with Gasteiger partial charge in [0.2, 0.25) is 5.91 Å². The first-order chi connectivity index (χ1) is 13.2. The van der Waals surface area contributed by atoms with Crippen LogP contribution in [0.25, 0.3) is 0 Å². The average molecular weight is 386 g/mol. The first-order valence-electron chi connectivity index (χ1n) is 9.48. The Morgan fingerprint density at radius 2 is 2.11 bits per heavy atom. The molecule has 1 saturated heterocycles. The number of carbonyl (C=O) groups is 1. The van der Waals surface area contributed by atoms with Crippen LogP contribution >= 0.6 is 11.3 Å². The molecule has 0 aliphatic carbocycles. The number of carbonyl (C=O) groups excluding carboxylic acids is 1. The van der Waals surface area contributed by atoms with Crippen molar-refractivity contribution in [1.82, 2.24) is 15.6 Å². The van der Waals surface area contributed by atoms with Crippen LogP contribution in [-0.2, 0) is 17.8 Å². The van der Waals surface area contributed by atoms with E-state index >= 15 is 0 Å². The molecule has 2 N–H and O–H groups in total. The minimum atomic E-state index is 0.217. The van der Waals surface area contributed by atoms with E-state index in [1.54, 1.807) is 11.3 Å². The third kappa shape index (κ3) is 5.53. The summed E-state index contributed by atoms with van der Waals surface area (Å²) in [6.07, 6.45) is 2.49. The molecule has 1 aromatic carbocycles. The monoisotopic (exact) mass is 385 g/mol. The molecule has 1 amide bonds. The first-order valence-corrected chi connectivity index (χ1v) is 10.4. The number of amides is 1. The predicted octanol–water partition coefficient (Wildman–Crippen LogP) is 2.88. The van der Waals surface area contributed by atoms with E-state index < -0.39 is 0 Å². The van der Waals surface area contributed by atoms with E-state index in [0.717, 1.165) is 60.4 Å². The summed E-state index contributed by atoms with van der Waals surface area (Å²) in [6.45, 7) is 7.12. The van der Waals surface area contributed by atoms with Gasteiger partial charge in [0.25, 0.3) is 0 Å². The van der Waals surface area contributed by atoms with Crippen LogP contribution in [0.2, 0.25) is 0 Å². The maximum absolute atomic E-state index is 11.8. The number of aryl methyl sites for hydroxylation is 1. The third-order valence-electron chi connectivity index (χ3n) is 4.43. The van der Waals surface area contributed by atoms with Gasteiger partial charge in [0.05, 0.1) is 17.2 Å².